The van der Waals surface area contributed by atoms with E-state index < -0.39 is 11.7 Å². The Morgan fingerprint density at radius 2 is 1.58 bits per heavy atom. The summed E-state index contributed by atoms with van der Waals surface area (Å²) in [6, 6.07) is 22.7. The molecule has 0 unspecified atom stereocenters. The summed E-state index contributed by atoms with van der Waals surface area (Å²) >= 11 is 5.28. The van der Waals surface area contributed by atoms with Gasteiger partial charge in [0.25, 0.3) is 11.8 Å². The van der Waals surface area contributed by atoms with E-state index >= 15 is 0 Å². The summed E-state index contributed by atoms with van der Waals surface area (Å²) in [7, 11) is 0. The second-order valence-corrected chi connectivity index (χ2v) is 8.77. The molecule has 4 aromatic rings. The Kier molecular flexibility index (Phi) is 6.64. The van der Waals surface area contributed by atoms with E-state index in [1.165, 1.54) is 12.1 Å². The van der Waals surface area contributed by atoms with Crippen molar-refractivity contribution in [3.05, 3.63) is 96.0 Å². The molecule has 182 valence electrons. The van der Waals surface area contributed by atoms with Crippen molar-refractivity contribution < 1.29 is 18.4 Å². The zero-order valence-corrected chi connectivity index (χ0v) is 20.1. The van der Waals surface area contributed by atoms with Gasteiger partial charge < -0.3 is 19.5 Å². The third-order valence-electron chi connectivity index (χ3n) is 6.04. The molecular weight excluding hydrogens is 479 g/mol. The summed E-state index contributed by atoms with van der Waals surface area (Å²) < 4.78 is 19.5. The molecule has 36 heavy (non-hydrogen) atoms. The SMILES string of the molecule is O=C(NC(=S)Nc1ccc(N2CCN(C(=O)c3ccccc3F)CC2)cc1)c1cc2ccccc2o1. The van der Waals surface area contributed by atoms with Gasteiger partial charge in [0.2, 0.25) is 0 Å². The highest BCUT2D eigenvalue weighted by Crippen LogP contribution is 2.21. The average Bonchev–Trinajstić information content (AvgIpc) is 3.34. The Morgan fingerprint density at radius 3 is 2.31 bits per heavy atom. The topological polar surface area (TPSA) is 77.8 Å². The zero-order chi connectivity index (χ0) is 25.1. The van der Waals surface area contributed by atoms with E-state index in [1.54, 1.807) is 29.2 Å². The van der Waals surface area contributed by atoms with Gasteiger partial charge in [0.05, 0.1) is 5.56 Å². The highest BCUT2D eigenvalue weighted by atomic mass is 32.1. The minimum Gasteiger partial charge on any atom is -0.451 e. The molecule has 1 fully saturated rings. The number of nitrogens with zero attached hydrogens (tertiary/aromatic N) is 2. The van der Waals surface area contributed by atoms with Gasteiger partial charge in [-0.1, -0.05) is 30.3 Å². The van der Waals surface area contributed by atoms with Crippen LogP contribution in [0.3, 0.4) is 0 Å². The number of fused-ring (bicyclic) bond motifs is 1. The molecule has 1 saturated heterocycles. The van der Waals surface area contributed by atoms with Crippen molar-refractivity contribution in [2.45, 2.75) is 0 Å². The van der Waals surface area contributed by atoms with Gasteiger partial charge in [0, 0.05) is 42.9 Å². The Balaban J connectivity index is 1.14. The molecule has 0 bridgehead atoms. The molecule has 2 amide bonds. The zero-order valence-electron chi connectivity index (χ0n) is 19.2. The quantitative estimate of drug-likeness (QED) is 0.395. The largest absolute Gasteiger partial charge is 0.451 e. The number of hydrogen-bond acceptors (Lipinski definition) is 5. The number of nitrogens with one attached hydrogen (secondary N) is 2. The van der Waals surface area contributed by atoms with Crippen LogP contribution in [0.5, 0.6) is 0 Å². The second kappa shape index (κ2) is 10.2. The molecule has 9 heteroatoms. The number of piperazine rings is 1. The number of amides is 2. The van der Waals surface area contributed by atoms with E-state index in [0.29, 0.717) is 31.8 Å². The van der Waals surface area contributed by atoms with Crippen LogP contribution < -0.4 is 15.5 Å². The summed E-state index contributed by atoms with van der Waals surface area (Å²) in [4.78, 5) is 28.9. The standard InChI is InChI=1S/C27H23FN4O3S/c28-22-7-3-2-6-21(22)26(34)32-15-13-31(14-16-32)20-11-9-19(10-12-20)29-27(36)30-25(33)24-17-18-5-1-4-8-23(18)35-24/h1-12,17H,13-16H2,(H2,29,30,33,36). The van der Waals surface area contributed by atoms with E-state index in [9.17, 15) is 14.0 Å². The van der Waals surface area contributed by atoms with Crippen LogP contribution in [0.25, 0.3) is 11.0 Å². The first-order valence-electron chi connectivity index (χ1n) is 11.5. The van der Waals surface area contributed by atoms with Crippen molar-refractivity contribution in [2.24, 2.45) is 0 Å². The highest BCUT2D eigenvalue weighted by Gasteiger charge is 2.24. The Bertz CT molecular complexity index is 1400. The summed E-state index contributed by atoms with van der Waals surface area (Å²) in [5, 5.41) is 6.64. The fraction of sp³-hybridized carbons (Fsp3) is 0.148. The number of hydrogen-bond donors (Lipinski definition) is 2. The molecule has 1 aliphatic heterocycles. The predicted octanol–water partition coefficient (Wildman–Crippen LogP) is 4.66. The Morgan fingerprint density at radius 1 is 0.889 bits per heavy atom. The summed E-state index contributed by atoms with van der Waals surface area (Å²) in [5.41, 5.74) is 2.46. The molecule has 1 aliphatic rings. The fourth-order valence-electron chi connectivity index (χ4n) is 4.15. The first-order chi connectivity index (χ1) is 17.5. The fourth-order valence-corrected chi connectivity index (χ4v) is 4.36. The van der Waals surface area contributed by atoms with Crippen LogP contribution in [0.15, 0.2) is 83.3 Å². The molecule has 7 nitrogen and oxygen atoms in total. The lowest BCUT2D eigenvalue weighted by atomic mass is 10.1. The third kappa shape index (κ3) is 5.06. The molecule has 3 aromatic carbocycles. The van der Waals surface area contributed by atoms with E-state index in [4.69, 9.17) is 16.6 Å². The van der Waals surface area contributed by atoms with Gasteiger partial charge in [-0.05, 0) is 60.7 Å². The van der Waals surface area contributed by atoms with Gasteiger partial charge in [0.1, 0.15) is 11.4 Å². The van der Waals surface area contributed by atoms with E-state index in [1.807, 2.05) is 42.5 Å². The number of thiocarbonyl (C=S) groups is 1. The van der Waals surface area contributed by atoms with Crippen LogP contribution in [-0.4, -0.2) is 48.0 Å². The molecule has 5 rings (SSSR count). The van der Waals surface area contributed by atoms with Crippen molar-refractivity contribution in [3.63, 3.8) is 0 Å². The molecule has 2 N–H and O–H groups in total. The lowest BCUT2D eigenvalue weighted by Crippen LogP contribution is -2.49. The van der Waals surface area contributed by atoms with Crippen LogP contribution in [-0.2, 0) is 0 Å². The number of benzene rings is 3. The molecule has 0 radical (unpaired) electrons. The average molecular weight is 503 g/mol. The van der Waals surface area contributed by atoms with Crippen LogP contribution in [0.4, 0.5) is 15.8 Å². The number of carbonyl (C=O) groups is 2. The van der Waals surface area contributed by atoms with Gasteiger partial charge in [-0.15, -0.1) is 0 Å². The lowest BCUT2D eigenvalue weighted by molar-refractivity contribution is 0.0742. The predicted molar refractivity (Wildman–Crippen MR) is 141 cm³/mol. The first-order valence-corrected chi connectivity index (χ1v) is 11.9. The molecule has 0 aliphatic carbocycles. The van der Waals surface area contributed by atoms with Gasteiger partial charge in [-0.25, -0.2) is 4.39 Å². The molecule has 2 heterocycles. The maximum Gasteiger partial charge on any atom is 0.293 e. The van der Waals surface area contributed by atoms with Crippen molar-refractivity contribution in [1.29, 1.82) is 0 Å². The summed E-state index contributed by atoms with van der Waals surface area (Å²) in [6.45, 7) is 2.29. The number of para-hydroxylation sites is 1. The third-order valence-corrected chi connectivity index (χ3v) is 6.24. The van der Waals surface area contributed by atoms with Gasteiger partial charge in [-0.3, -0.25) is 14.9 Å². The van der Waals surface area contributed by atoms with Crippen molar-refractivity contribution in [2.75, 3.05) is 36.4 Å². The minimum absolute atomic E-state index is 0.102. The van der Waals surface area contributed by atoms with Gasteiger partial charge in [-0.2, -0.15) is 0 Å². The van der Waals surface area contributed by atoms with Crippen LogP contribution in [0.2, 0.25) is 0 Å². The van der Waals surface area contributed by atoms with Crippen LogP contribution >= 0.6 is 12.2 Å². The van der Waals surface area contributed by atoms with E-state index in [-0.39, 0.29) is 22.3 Å². The minimum atomic E-state index is -0.500. The van der Waals surface area contributed by atoms with Crippen molar-refractivity contribution in [1.82, 2.24) is 10.2 Å². The normalized spacial score (nSPS) is 13.5. The number of furan rings is 1. The summed E-state index contributed by atoms with van der Waals surface area (Å²) in [5.74, 6) is -1.03. The smallest absolute Gasteiger partial charge is 0.293 e. The number of halogens is 1. The molecule has 0 atom stereocenters. The second-order valence-electron chi connectivity index (χ2n) is 8.36. The Hall–Kier alpha value is -4.24. The lowest BCUT2D eigenvalue weighted by Gasteiger charge is -2.36. The molecule has 0 spiro atoms. The maximum absolute atomic E-state index is 14.0. The maximum atomic E-state index is 14.0. The van der Waals surface area contributed by atoms with Crippen LogP contribution in [0.1, 0.15) is 20.9 Å². The van der Waals surface area contributed by atoms with Gasteiger partial charge >= 0.3 is 0 Å². The van der Waals surface area contributed by atoms with Crippen molar-refractivity contribution in [3.8, 4) is 0 Å². The highest BCUT2D eigenvalue weighted by molar-refractivity contribution is 7.80. The Labute approximate surface area is 212 Å². The van der Waals surface area contributed by atoms with Gasteiger partial charge in [0.15, 0.2) is 10.9 Å². The number of anilines is 2. The molecule has 0 saturated carbocycles. The number of carbonyl (C=O) groups excluding carboxylic acids is 2. The van der Waals surface area contributed by atoms with E-state index in [2.05, 4.69) is 15.5 Å². The molecule has 1 aromatic heterocycles. The number of rotatable bonds is 4. The van der Waals surface area contributed by atoms with Crippen LogP contribution in [0, 0.1) is 5.82 Å². The monoisotopic (exact) mass is 502 g/mol. The van der Waals surface area contributed by atoms with E-state index in [0.717, 1.165) is 16.8 Å². The summed E-state index contributed by atoms with van der Waals surface area (Å²) in [6.07, 6.45) is 0. The first kappa shape index (κ1) is 23.5. The van der Waals surface area contributed by atoms with Crippen molar-refractivity contribution >= 4 is 51.5 Å². The molecular formula is C27H23FN4O3S.